The maximum Gasteiger partial charge on any atom is 0.277 e. The van der Waals surface area contributed by atoms with Gasteiger partial charge >= 0.3 is 0 Å². The maximum atomic E-state index is 13.1. The molecule has 0 bridgehead atoms. The highest BCUT2D eigenvalue weighted by atomic mass is 35.5. The van der Waals surface area contributed by atoms with Crippen LogP contribution >= 0.6 is 23.4 Å². The quantitative estimate of drug-likeness (QED) is 0.559. The molecule has 1 aliphatic carbocycles. The lowest BCUT2D eigenvalue weighted by molar-refractivity contribution is -0.146. The molecule has 172 valence electrons. The average Bonchev–Trinajstić information content (AvgIpc) is 3.38. The number of aromatic nitrogens is 2. The summed E-state index contributed by atoms with van der Waals surface area (Å²) in [5.41, 5.74) is -0.443. The number of thioether (sulfide) groups is 1. The Hall–Kier alpha value is -1.91. The smallest absolute Gasteiger partial charge is 0.277 e. The summed E-state index contributed by atoms with van der Waals surface area (Å²) in [6.45, 7) is 0. The van der Waals surface area contributed by atoms with Crippen molar-refractivity contribution in [3.8, 4) is 0 Å². The van der Waals surface area contributed by atoms with Gasteiger partial charge in [-0.15, -0.1) is 10.2 Å². The SMILES string of the molecule is CN(C(=O)CSc1nnc(C2CCS(=O)(=O)C2)o1)C1(c2ccccc2Cl)CCCCC1=O. The van der Waals surface area contributed by atoms with Crippen LogP contribution in [0.2, 0.25) is 5.02 Å². The van der Waals surface area contributed by atoms with E-state index in [4.69, 9.17) is 16.0 Å². The van der Waals surface area contributed by atoms with E-state index in [2.05, 4.69) is 10.2 Å². The van der Waals surface area contributed by atoms with Crippen LogP contribution in [0.15, 0.2) is 33.9 Å². The Balaban J connectivity index is 1.49. The minimum Gasteiger partial charge on any atom is -0.416 e. The van der Waals surface area contributed by atoms with Crippen molar-refractivity contribution in [2.75, 3.05) is 24.3 Å². The highest BCUT2D eigenvalue weighted by molar-refractivity contribution is 7.99. The number of amides is 1. The van der Waals surface area contributed by atoms with Crippen molar-refractivity contribution < 1.29 is 22.4 Å². The van der Waals surface area contributed by atoms with Gasteiger partial charge in [0.15, 0.2) is 15.6 Å². The van der Waals surface area contributed by atoms with E-state index in [9.17, 15) is 18.0 Å². The van der Waals surface area contributed by atoms with Crippen LogP contribution in [0.1, 0.15) is 49.5 Å². The van der Waals surface area contributed by atoms with Crippen LogP contribution in [-0.4, -0.2) is 59.5 Å². The van der Waals surface area contributed by atoms with Crippen molar-refractivity contribution in [3.05, 3.63) is 40.7 Å². The Labute approximate surface area is 196 Å². The molecule has 0 radical (unpaired) electrons. The van der Waals surface area contributed by atoms with Gasteiger partial charge in [-0.1, -0.05) is 41.6 Å². The molecule has 4 rings (SSSR count). The molecule has 2 atom stereocenters. The van der Waals surface area contributed by atoms with Crippen molar-refractivity contribution in [3.63, 3.8) is 0 Å². The number of carbonyl (C=O) groups is 2. The van der Waals surface area contributed by atoms with Crippen molar-refractivity contribution in [1.82, 2.24) is 15.1 Å². The van der Waals surface area contributed by atoms with Crippen molar-refractivity contribution in [2.45, 2.75) is 48.8 Å². The summed E-state index contributed by atoms with van der Waals surface area (Å²) >= 11 is 7.52. The molecule has 32 heavy (non-hydrogen) atoms. The third kappa shape index (κ3) is 4.45. The van der Waals surface area contributed by atoms with Crippen molar-refractivity contribution >= 4 is 44.9 Å². The van der Waals surface area contributed by atoms with E-state index in [0.717, 1.165) is 24.6 Å². The number of likely N-dealkylation sites (N-methyl/N-ethyl adjacent to an activating group) is 1. The summed E-state index contributed by atoms with van der Waals surface area (Å²) in [7, 11) is -1.43. The summed E-state index contributed by atoms with van der Waals surface area (Å²) in [6, 6.07) is 7.16. The summed E-state index contributed by atoms with van der Waals surface area (Å²) < 4.78 is 29.0. The molecular weight excluding hydrogens is 474 g/mol. The first-order valence-electron chi connectivity index (χ1n) is 10.4. The largest absolute Gasteiger partial charge is 0.416 e. The fourth-order valence-electron chi connectivity index (χ4n) is 4.50. The Morgan fingerprint density at radius 3 is 2.78 bits per heavy atom. The highest BCUT2D eigenvalue weighted by Gasteiger charge is 2.47. The number of ketones is 1. The molecule has 0 spiro atoms. The molecule has 1 aromatic carbocycles. The van der Waals surface area contributed by atoms with E-state index >= 15 is 0 Å². The molecule has 1 saturated heterocycles. The van der Waals surface area contributed by atoms with E-state index in [1.165, 1.54) is 4.90 Å². The van der Waals surface area contributed by atoms with Crippen LogP contribution in [0.5, 0.6) is 0 Å². The second kappa shape index (κ2) is 9.15. The number of hydrogen-bond acceptors (Lipinski definition) is 8. The maximum absolute atomic E-state index is 13.1. The number of rotatable bonds is 6. The van der Waals surface area contributed by atoms with E-state index in [1.807, 2.05) is 12.1 Å². The summed E-state index contributed by atoms with van der Waals surface area (Å²) in [5, 5.41) is 8.58. The minimum absolute atomic E-state index is 0.000577. The zero-order valence-corrected chi connectivity index (χ0v) is 20.0. The lowest BCUT2D eigenvalue weighted by atomic mass is 9.74. The van der Waals surface area contributed by atoms with E-state index in [0.29, 0.717) is 29.8 Å². The summed E-state index contributed by atoms with van der Waals surface area (Å²) in [5.74, 6) is -0.171. The first kappa shape index (κ1) is 23.3. The standard InChI is InChI=1S/C21H24ClN3O5S2/c1-25(21(10-5-4-8-17(21)26)15-6-2-3-7-16(15)22)18(27)12-31-20-24-23-19(30-20)14-9-11-32(28,29)13-14/h2-3,6-7,14H,4-5,8-13H2,1H3. The highest BCUT2D eigenvalue weighted by Crippen LogP contribution is 2.42. The fraction of sp³-hybridized carbons (Fsp3) is 0.524. The van der Waals surface area contributed by atoms with Gasteiger partial charge in [0.05, 0.1) is 23.2 Å². The van der Waals surface area contributed by atoms with Gasteiger partial charge in [0.25, 0.3) is 5.22 Å². The second-order valence-electron chi connectivity index (χ2n) is 8.22. The zero-order valence-electron chi connectivity index (χ0n) is 17.6. The topological polar surface area (TPSA) is 110 Å². The van der Waals surface area contributed by atoms with Gasteiger partial charge in [-0.2, -0.15) is 0 Å². The Kier molecular flexibility index (Phi) is 6.65. The number of sulfone groups is 1. The van der Waals surface area contributed by atoms with E-state index in [-0.39, 0.29) is 46.0 Å². The third-order valence-corrected chi connectivity index (χ3v) is 9.14. The van der Waals surface area contributed by atoms with E-state index in [1.54, 1.807) is 19.2 Å². The van der Waals surface area contributed by atoms with E-state index < -0.39 is 15.4 Å². The lowest BCUT2D eigenvalue weighted by Gasteiger charge is -2.44. The van der Waals surface area contributed by atoms with Gasteiger partial charge in [0.2, 0.25) is 11.8 Å². The van der Waals surface area contributed by atoms with Gasteiger partial charge in [-0.05, 0) is 31.7 Å². The number of hydrogen-bond donors (Lipinski definition) is 0. The number of carbonyl (C=O) groups excluding carboxylic acids is 2. The molecule has 2 unspecified atom stereocenters. The first-order valence-corrected chi connectivity index (χ1v) is 13.6. The predicted octanol–water partition coefficient (Wildman–Crippen LogP) is 3.21. The van der Waals surface area contributed by atoms with Gasteiger partial charge < -0.3 is 9.32 Å². The van der Waals surface area contributed by atoms with Gasteiger partial charge in [0.1, 0.15) is 5.54 Å². The average molecular weight is 498 g/mol. The zero-order chi connectivity index (χ0) is 22.9. The van der Waals surface area contributed by atoms with Crippen LogP contribution in [0, 0.1) is 0 Å². The molecule has 1 amide bonds. The molecule has 2 aromatic rings. The van der Waals surface area contributed by atoms with Gasteiger partial charge in [-0.25, -0.2) is 8.42 Å². The first-order chi connectivity index (χ1) is 15.2. The van der Waals surface area contributed by atoms with Gasteiger partial charge in [-0.3, -0.25) is 9.59 Å². The predicted molar refractivity (Wildman–Crippen MR) is 120 cm³/mol. The van der Waals surface area contributed by atoms with Crippen LogP contribution in [0.25, 0.3) is 0 Å². The molecule has 1 saturated carbocycles. The van der Waals surface area contributed by atoms with Crippen LogP contribution in [0.4, 0.5) is 0 Å². The number of Topliss-reactive ketones (excluding diaryl/α,β-unsaturated/α-hetero) is 1. The summed E-state index contributed by atoms with van der Waals surface area (Å²) in [4.78, 5) is 27.8. The molecule has 11 heteroatoms. The summed E-state index contributed by atoms with van der Waals surface area (Å²) in [6.07, 6.45) is 2.98. The monoisotopic (exact) mass is 497 g/mol. The molecule has 2 fully saturated rings. The lowest BCUT2D eigenvalue weighted by Crippen LogP contribution is -2.54. The number of benzene rings is 1. The molecule has 0 N–H and O–H groups in total. The minimum atomic E-state index is -3.06. The molecule has 2 heterocycles. The van der Waals surface area contributed by atoms with Crippen LogP contribution in [0.3, 0.4) is 0 Å². The third-order valence-electron chi connectivity index (χ3n) is 6.24. The molecule has 1 aromatic heterocycles. The number of halogens is 1. The second-order valence-corrected chi connectivity index (χ2v) is 11.8. The molecule has 8 nitrogen and oxygen atoms in total. The van der Waals surface area contributed by atoms with Crippen LogP contribution < -0.4 is 0 Å². The Morgan fingerprint density at radius 1 is 1.31 bits per heavy atom. The van der Waals surface area contributed by atoms with Gasteiger partial charge in [0, 0.05) is 24.1 Å². The number of nitrogens with zero attached hydrogens (tertiary/aromatic N) is 3. The molecule has 2 aliphatic rings. The molecular formula is C21H24ClN3O5S2. The van der Waals surface area contributed by atoms with Crippen LogP contribution in [-0.2, 0) is 25.0 Å². The van der Waals surface area contributed by atoms with Crippen molar-refractivity contribution in [2.24, 2.45) is 0 Å². The Bertz CT molecular complexity index is 1140. The Morgan fingerprint density at radius 2 is 2.09 bits per heavy atom. The fourth-order valence-corrected chi connectivity index (χ4v) is 7.20. The normalized spacial score (nSPS) is 25.1. The molecule has 1 aliphatic heterocycles. The van der Waals surface area contributed by atoms with Crippen molar-refractivity contribution in [1.29, 1.82) is 0 Å².